The van der Waals surface area contributed by atoms with Gasteiger partial charge in [0.25, 0.3) is 0 Å². The highest BCUT2D eigenvalue weighted by atomic mass is 16.5. The van der Waals surface area contributed by atoms with E-state index >= 15 is 0 Å². The summed E-state index contributed by atoms with van der Waals surface area (Å²) < 4.78 is 11.2. The molecule has 0 bridgehead atoms. The van der Waals surface area contributed by atoms with Gasteiger partial charge in [0, 0.05) is 11.8 Å². The van der Waals surface area contributed by atoms with Crippen LogP contribution in [0.25, 0.3) is 0 Å². The molecule has 0 spiro atoms. The first kappa shape index (κ1) is 16.8. The zero-order valence-corrected chi connectivity index (χ0v) is 13.5. The van der Waals surface area contributed by atoms with Crippen molar-refractivity contribution in [3.8, 4) is 11.5 Å². The highest BCUT2D eigenvalue weighted by Gasteiger charge is 2.00. The number of hydrogen-bond donors (Lipinski definition) is 2. The lowest BCUT2D eigenvalue weighted by molar-refractivity contribution is 0.0853. The molecule has 122 valence electrons. The molecule has 2 rings (SSSR count). The molecule has 0 unspecified atom stereocenters. The summed E-state index contributed by atoms with van der Waals surface area (Å²) in [5, 5.41) is 3.05. The Morgan fingerprint density at radius 3 is 2.57 bits per heavy atom. The molecule has 0 aliphatic rings. The first-order chi connectivity index (χ1) is 11.1. The van der Waals surface area contributed by atoms with Crippen molar-refractivity contribution in [1.82, 2.24) is 0 Å². The van der Waals surface area contributed by atoms with E-state index in [0.29, 0.717) is 19.1 Å². The maximum atomic E-state index is 5.87. The molecule has 2 aromatic rings. The van der Waals surface area contributed by atoms with Crippen molar-refractivity contribution in [2.24, 2.45) is 10.7 Å². The Balaban J connectivity index is 1.90. The Morgan fingerprint density at radius 2 is 1.83 bits per heavy atom. The summed E-state index contributed by atoms with van der Waals surface area (Å²) in [5.41, 5.74) is 6.69. The molecule has 0 saturated carbocycles. The third kappa shape index (κ3) is 6.40. The largest absolute Gasteiger partial charge is 0.457 e. The zero-order valence-electron chi connectivity index (χ0n) is 13.5. The van der Waals surface area contributed by atoms with Gasteiger partial charge in [0.2, 0.25) is 0 Å². The number of guanidine groups is 1. The van der Waals surface area contributed by atoms with E-state index in [1.807, 2.05) is 68.4 Å². The van der Waals surface area contributed by atoms with Crippen molar-refractivity contribution in [2.45, 2.75) is 20.0 Å². The lowest BCUT2D eigenvalue weighted by Gasteiger charge is -2.10. The molecular formula is C18H23N3O2. The quantitative estimate of drug-likeness (QED) is 0.465. The second kappa shape index (κ2) is 8.80. The molecule has 0 radical (unpaired) electrons. The number of benzene rings is 2. The van der Waals surface area contributed by atoms with Crippen LogP contribution in [0.15, 0.2) is 59.6 Å². The molecule has 5 heteroatoms. The lowest BCUT2D eigenvalue weighted by atomic mass is 10.3. The van der Waals surface area contributed by atoms with E-state index in [4.69, 9.17) is 15.2 Å². The maximum absolute atomic E-state index is 5.87. The second-order valence-electron chi connectivity index (χ2n) is 5.25. The topological polar surface area (TPSA) is 68.9 Å². The monoisotopic (exact) mass is 313 g/mol. The van der Waals surface area contributed by atoms with Gasteiger partial charge in [-0.15, -0.1) is 0 Å². The Labute approximate surface area is 137 Å². The highest BCUT2D eigenvalue weighted by molar-refractivity contribution is 5.92. The molecule has 2 aromatic carbocycles. The molecule has 0 saturated heterocycles. The fraction of sp³-hybridized carbons (Fsp3) is 0.278. The molecule has 0 fully saturated rings. The van der Waals surface area contributed by atoms with Crippen molar-refractivity contribution in [3.63, 3.8) is 0 Å². The normalized spacial score (nSPS) is 11.5. The van der Waals surface area contributed by atoms with Crippen molar-refractivity contribution < 1.29 is 9.47 Å². The molecule has 0 atom stereocenters. The SMILES string of the molecule is CC(C)OCCN=C(N)Nc1cccc(Oc2ccccc2)c1. The van der Waals surface area contributed by atoms with Gasteiger partial charge in [-0.05, 0) is 38.1 Å². The number of ether oxygens (including phenoxy) is 2. The van der Waals surface area contributed by atoms with Gasteiger partial charge in [0.1, 0.15) is 11.5 Å². The first-order valence-corrected chi connectivity index (χ1v) is 7.65. The van der Waals surface area contributed by atoms with Gasteiger partial charge in [-0.1, -0.05) is 24.3 Å². The average Bonchev–Trinajstić information content (AvgIpc) is 2.53. The third-order valence-corrected chi connectivity index (χ3v) is 2.91. The van der Waals surface area contributed by atoms with E-state index in [-0.39, 0.29) is 6.10 Å². The van der Waals surface area contributed by atoms with Gasteiger partial charge in [0.05, 0.1) is 19.3 Å². The summed E-state index contributed by atoms with van der Waals surface area (Å²) in [5.74, 6) is 1.88. The van der Waals surface area contributed by atoms with E-state index in [0.717, 1.165) is 17.2 Å². The van der Waals surface area contributed by atoms with Gasteiger partial charge in [0.15, 0.2) is 5.96 Å². The van der Waals surface area contributed by atoms with E-state index in [9.17, 15) is 0 Å². The van der Waals surface area contributed by atoms with Crippen LogP contribution in [0.5, 0.6) is 11.5 Å². The minimum absolute atomic E-state index is 0.200. The van der Waals surface area contributed by atoms with Gasteiger partial charge in [-0.25, -0.2) is 0 Å². The Bertz CT molecular complexity index is 627. The molecule has 0 aliphatic heterocycles. The molecule has 3 N–H and O–H groups in total. The standard InChI is InChI=1S/C18H23N3O2/c1-14(2)22-12-11-20-18(19)21-15-7-6-10-17(13-15)23-16-8-4-3-5-9-16/h3-10,13-14H,11-12H2,1-2H3,(H3,19,20,21). The fourth-order valence-corrected chi connectivity index (χ4v) is 1.90. The van der Waals surface area contributed by atoms with Crippen molar-refractivity contribution in [1.29, 1.82) is 0 Å². The lowest BCUT2D eigenvalue weighted by Crippen LogP contribution is -2.23. The summed E-state index contributed by atoms with van der Waals surface area (Å²) in [7, 11) is 0. The van der Waals surface area contributed by atoms with Crippen LogP contribution >= 0.6 is 0 Å². The van der Waals surface area contributed by atoms with Crippen LogP contribution in [0, 0.1) is 0 Å². The van der Waals surface area contributed by atoms with Crippen LogP contribution in [-0.4, -0.2) is 25.2 Å². The first-order valence-electron chi connectivity index (χ1n) is 7.65. The molecular weight excluding hydrogens is 290 g/mol. The van der Waals surface area contributed by atoms with Crippen molar-refractivity contribution in [2.75, 3.05) is 18.5 Å². The number of nitrogens with two attached hydrogens (primary N) is 1. The van der Waals surface area contributed by atoms with Gasteiger partial charge in [-0.2, -0.15) is 0 Å². The van der Waals surface area contributed by atoms with Crippen LogP contribution in [0.3, 0.4) is 0 Å². The highest BCUT2D eigenvalue weighted by Crippen LogP contribution is 2.23. The third-order valence-electron chi connectivity index (χ3n) is 2.91. The van der Waals surface area contributed by atoms with Crippen LogP contribution in [-0.2, 0) is 4.74 Å². The molecule has 0 heterocycles. The van der Waals surface area contributed by atoms with Crippen LogP contribution in [0.4, 0.5) is 5.69 Å². The number of para-hydroxylation sites is 1. The summed E-state index contributed by atoms with van der Waals surface area (Å²) in [4.78, 5) is 4.22. The van der Waals surface area contributed by atoms with Crippen molar-refractivity contribution >= 4 is 11.6 Å². The predicted molar refractivity (Wildman–Crippen MR) is 94.2 cm³/mol. The average molecular weight is 313 g/mol. The van der Waals surface area contributed by atoms with E-state index in [2.05, 4.69) is 10.3 Å². The van der Waals surface area contributed by atoms with E-state index < -0.39 is 0 Å². The molecule has 0 aromatic heterocycles. The summed E-state index contributed by atoms with van der Waals surface area (Å²) in [6.45, 7) is 5.06. The van der Waals surface area contributed by atoms with Crippen LogP contribution in [0.2, 0.25) is 0 Å². The Kier molecular flexibility index (Phi) is 6.44. The van der Waals surface area contributed by atoms with E-state index in [1.165, 1.54) is 0 Å². The summed E-state index contributed by atoms with van der Waals surface area (Å²) in [6.07, 6.45) is 0.200. The summed E-state index contributed by atoms with van der Waals surface area (Å²) >= 11 is 0. The number of nitrogens with zero attached hydrogens (tertiary/aromatic N) is 1. The van der Waals surface area contributed by atoms with Gasteiger partial charge < -0.3 is 20.5 Å². The smallest absolute Gasteiger partial charge is 0.193 e. The predicted octanol–water partition coefficient (Wildman–Crippen LogP) is 3.63. The van der Waals surface area contributed by atoms with Crippen LogP contribution < -0.4 is 15.8 Å². The minimum Gasteiger partial charge on any atom is -0.457 e. The summed E-state index contributed by atoms with van der Waals surface area (Å²) in [6, 6.07) is 17.2. The zero-order chi connectivity index (χ0) is 16.5. The molecule has 5 nitrogen and oxygen atoms in total. The number of hydrogen-bond acceptors (Lipinski definition) is 3. The van der Waals surface area contributed by atoms with Crippen LogP contribution in [0.1, 0.15) is 13.8 Å². The van der Waals surface area contributed by atoms with Gasteiger partial charge >= 0.3 is 0 Å². The number of aliphatic imine (C=N–C) groups is 1. The Hall–Kier alpha value is -2.53. The maximum Gasteiger partial charge on any atom is 0.193 e. The fourth-order valence-electron chi connectivity index (χ4n) is 1.90. The number of rotatable bonds is 7. The molecule has 0 amide bonds. The number of anilines is 1. The molecule has 0 aliphatic carbocycles. The molecule has 23 heavy (non-hydrogen) atoms. The second-order valence-corrected chi connectivity index (χ2v) is 5.25. The Morgan fingerprint density at radius 1 is 1.09 bits per heavy atom. The minimum atomic E-state index is 0.200. The van der Waals surface area contributed by atoms with Crippen molar-refractivity contribution in [3.05, 3.63) is 54.6 Å². The van der Waals surface area contributed by atoms with E-state index in [1.54, 1.807) is 0 Å². The van der Waals surface area contributed by atoms with Gasteiger partial charge in [-0.3, -0.25) is 4.99 Å². The number of nitrogens with one attached hydrogen (secondary N) is 1.